The maximum Gasteiger partial charge on any atom is 0.224 e. The monoisotopic (exact) mass is 317 g/mol. The number of benzene rings is 1. The normalized spacial score (nSPS) is 10.3. The number of carbonyl (C=O) groups is 1. The number of hydrogen-bond donors (Lipinski definition) is 0. The van der Waals surface area contributed by atoms with Gasteiger partial charge in [0.05, 0.1) is 6.54 Å². The van der Waals surface area contributed by atoms with Crippen molar-refractivity contribution in [2.24, 2.45) is 0 Å². The lowest BCUT2D eigenvalue weighted by Crippen LogP contribution is -2.30. The van der Waals surface area contributed by atoms with Gasteiger partial charge in [0.25, 0.3) is 0 Å². The molecule has 0 fully saturated rings. The Morgan fingerprint density at radius 3 is 2.71 bits per heavy atom. The first kappa shape index (κ1) is 15.9. The summed E-state index contributed by atoms with van der Waals surface area (Å²) in [6, 6.07) is 14.3. The van der Waals surface area contributed by atoms with E-state index < -0.39 is 0 Å². The van der Waals surface area contributed by atoms with Crippen molar-refractivity contribution in [1.82, 2.24) is 4.90 Å². The molecule has 1 aromatic carbocycles. The molecule has 0 aliphatic rings. The first-order valence-corrected chi connectivity index (χ1v) is 8.75. The third-order valence-corrected chi connectivity index (χ3v) is 4.83. The Morgan fingerprint density at radius 2 is 2.05 bits per heavy atom. The van der Waals surface area contributed by atoms with Crippen LogP contribution in [0.1, 0.15) is 11.3 Å². The third kappa shape index (κ3) is 5.40. The summed E-state index contributed by atoms with van der Waals surface area (Å²) < 4.78 is 0. The summed E-state index contributed by atoms with van der Waals surface area (Å²) >= 11 is 3.40. The zero-order valence-corrected chi connectivity index (χ0v) is 13.5. The molecule has 0 bridgehead atoms. The Bertz CT molecular complexity index is 551. The molecule has 0 N–H and O–H groups in total. The van der Waals surface area contributed by atoms with E-state index in [1.54, 1.807) is 29.2 Å². The van der Waals surface area contributed by atoms with Crippen molar-refractivity contribution in [2.45, 2.75) is 17.9 Å². The molecule has 110 valence electrons. The van der Waals surface area contributed by atoms with E-state index in [0.29, 0.717) is 19.5 Å². The highest BCUT2D eigenvalue weighted by molar-refractivity contribution is 7.99. The minimum absolute atomic E-state index is 0.187. The molecule has 21 heavy (non-hydrogen) atoms. The average Bonchev–Trinajstić information content (AvgIpc) is 3.01. The van der Waals surface area contributed by atoms with E-state index in [-0.39, 0.29) is 5.91 Å². The molecule has 0 spiro atoms. The summed E-state index contributed by atoms with van der Waals surface area (Å²) in [5.41, 5.74) is 0. The topological polar surface area (TPSA) is 20.3 Å². The van der Waals surface area contributed by atoms with E-state index >= 15 is 0 Å². The largest absolute Gasteiger partial charge is 0.334 e. The van der Waals surface area contributed by atoms with Gasteiger partial charge in [0.15, 0.2) is 0 Å². The first-order chi connectivity index (χ1) is 10.3. The molecule has 4 heteroatoms. The number of carbonyl (C=O) groups excluding carboxylic acids is 1. The molecule has 1 heterocycles. The van der Waals surface area contributed by atoms with Crippen LogP contribution >= 0.6 is 23.1 Å². The second kappa shape index (κ2) is 8.70. The molecule has 0 saturated carbocycles. The fourth-order valence-corrected chi connectivity index (χ4v) is 3.51. The van der Waals surface area contributed by atoms with Crippen molar-refractivity contribution in [3.63, 3.8) is 0 Å². The highest BCUT2D eigenvalue weighted by atomic mass is 32.2. The Morgan fingerprint density at radius 1 is 1.24 bits per heavy atom. The van der Waals surface area contributed by atoms with Crippen molar-refractivity contribution >= 4 is 29.0 Å². The lowest BCUT2D eigenvalue weighted by molar-refractivity contribution is -0.130. The predicted octanol–water partition coefficient (Wildman–Crippen LogP) is 4.45. The van der Waals surface area contributed by atoms with E-state index in [1.165, 1.54) is 9.77 Å². The second-order valence-electron chi connectivity index (χ2n) is 4.55. The summed E-state index contributed by atoms with van der Waals surface area (Å²) in [4.78, 5) is 16.6. The number of amides is 1. The van der Waals surface area contributed by atoms with Gasteiger partial charge in [-0.1, -0.05) is 30.3 Å². The molecule has 2 nitrogen and oxygen atoms in total. The first-order valence-electron chi connectivity index (χ1n) is 6.88. The fourth-order valence-electron chi connectivity index (χ4n) is 1.93. The molecule has 1 amide bonds. The molecule has 0 atom stereocenters. The molecule has 1 aromatic heterocycles. The van der Waals surface area contributed by atoms with E-state index in [4.69, 9.17) is 0 Å². The van der Waals surface area contributed by atoms with Crippen LogP contribution in [0.2, 0.25) is 0 Å². The maximum atomic E-state index is 12.3. The van der Waals surface area contributed by atoms with Crippen LogP contribution in [0.4, 0.5) is 0 Å². The number of hydrogen-bond acceptors (Lipinski definition) is 3. The van der Waals surface area contributed by atoms with Crippen LogP contribution in [0.25, 0.3) is 0 Å². The smallest absolute Gasteiger partial charge is 0.224 e. The van der Waals surface area contributed by atoms with Crippen molar-refractivity contribution in [1.29, 1.82) is 0 Å². The van der Waals surface area contributed by atoms with Gasteiger partial charge in [-0.25, -0.2) is 0 Å². The van der Waals surface area contributed by atoms with Gasteiger partial charge in [0, 0.05) is 28.5 Å². The van der Waals surface area contributed by atoms with Gasteiger partial charge in [0.2, 0.25) is 5.91 Å². The highest BCUT2D eigenvalue weighted by Gasteiger charge is 2.13. The number of thiophene rings is 1. The lowest BCUT2D eigenvalue weighted by atomic mass is 10.3. The second-order valence-corrected chi connectivity index (χ2v) is 6.75. The SMILES string of the molecule is C=CCN(Cc1cccs1)C(=O)CCSc1ccccc1. The van der Waals surface area contributed by atoms with Crippen LogP contribution in [-0.4, -0.2) is 23.1 Å². The van der Waals surface area contributed by atoms with Gasteiger partial charge in [-0.15, -0.1) is 29.7 Å². The molecule has 0 unspecified atom stereocenters. The van der Waals surface area contributed by atoms with E-state index in [1.807, 2.05) is 34.5 Å². The van der Waals surface area contributed by atoms with Gasteiger partial charge in [-0.05, 0) is 23.6 Å². The van der Waals surface area contributed by atoms with Crippen molar-refractivity contribution in [2.75, 3.05) is 12.3 Å². The third-order valence-electron chi connectivity index (χ3n) is 2.96. The Labute approximate surface area is 134 Å². The maximum absolute atomic E-state index is 12.3. The van der Waals surface area contributed by atoms with Gasteiger partial charge in [0.1, 0.15) is 0 Å². The number of thioether (sulfide) groups is 1. The van der Waals surface area contributed by atoms with E-state index in [0.717, 1.165) is 5.75 Å². The zero-order chi connectivity index (χ0) is 14.9. The average molecular weight is 317 g/mol. The van der Waals surface area contributed by atoms with Gasteiger partial charge < -0.3 is 4.90 Å². The Balaban J connectivity index is 1.82. The molecule has 2 rings (SSSR count). The molecule has 0 radical (unpaired) electrons. The molecule has 0 aliphatic heterocycles. The molecular formula is C17H19NOS2. The Kier molecular flexibility index (Phi) is 6.57. The van der Waals surface area contributed by atoms with Crippen molar-refractivity contribution in [3.05, 3.63) is 65.4 Å². The molecule has 0 aliphatic carbocycles. The minimum atomic E-state index is 0.187. The van der Waals surface area contributed by atoms with Gasteiger partial charge >= 0.3 is 0 Å². The van der Waals surface area contributed by atoms with Crippen LogP contribution in [-0.2, 0) is 11.3 Å². The number of nitrogens with zero attached hydrogens (tertiary/aromatic N) is 1. The standard InChI is InChI=1S/C17H19NOS2/c1-2-11-18(14-16-9-6-12-20-16)17(19)10-13-21-15-7-4-3-5-8-15/h2-9,12H,1,10-11,13-14H2. The van der Waals surface area contributed by atoms with E-state index in [9.17, 15) is 4.79 Å². The summed E-state index contributed by atoms with van der Waals surface area (Å²) in [5.74, 6) is 0.993. The predicted molar refractivity (Wildman–Crippen MR) is 91.7 cm³/mol. The minimum Gasteiger partial charge on any atom is -0.334 e. The van der Waals surface area contributed by atoms with E-state index in [2.05, 4.69) is 24.8 Å². The van der Waals surface area contributed by atoms with Gasteiger partial charge in [-0.3, -0.25) is 4.79 Å². The van der Waals surface area contributed by atoms with Crippen molar-refractivity contribution < 1.29 is 4.79 Å². The van der Waals surface area contributed by atoms with Crippen LogP contribution in [0.3, 0.4) is 0 Å². The Hall–Kier alpha value is -1.52. The fraction of sp³-hybridized carbons (Fsp3) is 0.235. The van der Waals surface area contributed by atoms with Crippen LogP contribution in [0.15, 0.2) is 65.4 Å². The van der Waals surface area contributed by atoms with Crippen LogP contribution in [0, 0.1) is 0 Å². The zero-order valence-electron chi connectivity index (χ0n) is 11.9. The highest BCUT2D eigenvalue weighted by Crippen LogP contribution is 2.19. The molecule has 0 saturated heterocycles. The van der Waals surface area contributed by atoms with Crippen LogP contribution < -0.4 is 0 Å². The molecule has 2 aromatic rings. The summed E-state index contributed by atoms with van der Waals surface area (Å²) in [6.45, 7) is 5.03. The molecular weight excluding hydrogens is 298 g/mol. The summed E-state index contributed by atoms with van der Waals surface area (Å²) in [7, 11) is 0. The van der Waals surface area contributed by atoms with Gasteiger partial charge in [-0.2, -0.15) is 0 Å². The summed E-state index contributed by atoms with van der Waals surface area (Å²) in [6.07, 6.45) is 2.34. The van der Waals surface area contributed by atoms with Crippen molar-refractivity contribution in [3.8, 4) is 0 Å². The lowest BCUT2D eigenvalue weighted by Gasteiger charge is -2.20. The number of rotatable bonds is 8. The van der Waals surface area contributed by atoms with Crippen LogP contribution in [0.5, 0.6) is 0 Å². The quantitative estimate of drug-likeness (QED) is 0.530. The summed E-state index contributed by atoms with van der Waals surface area (Å²) in [5, 5.41) is 2.04.